The Labute approximate surface area is 110 Å². The fraction of sp³-hybridized carbons (Fsp3) is 0.923. The lowest BCUT2D eigenvalue weighted by Gasteiger charge is -2.36. The molecule has 2 N–H and O–H groups in total. The minimum atomic E-state index is -0.255. The highest BCUT2D eigenvalue weighted by Crippen LogP contribution is 2.35. The van der Waals surface area contributed by atoms with E-state index >= 15 is 0 Å². The van der Waals surface area contributed by atoms with Crippen LogP contribution < -0.4 is 5.32 Å². The lowest BCUT2D eigenvalue weighted by atomic mass is 9.74. The number of rotatable bonds is 5. The molecule has 0 aromatic carbocycles. The van der Waals surface area contributed by atoms with Crippen LogP contribution in [-0.2, 0) is 4.79 Å². The smallest absolute Gasteiger partial charge is 0.233 e. The molecule has 0 aliphatic heterocycles. The first kappa shape index (κ1) is 14.8. The van der Waals surface area contributed by atoms with Crippen molar-refractivity contribution in [3.05, 3.63) is 0 Å². The van der Waals surface area contributed by atoms with Crippen LogP contribution in [0.1, 0.15) is 46.0 Å². The molecule has 100 valence electrons. The van der Waals surface area contributed by atoms with Gasteiger partial charge in [0, 0.05) is 12.0 Å². The number of hydrogen-bond donors (Lipinski definition) is 3. The molecule has 1 rings (SSSR count). The first-order valence-electron chi connectivity index (χ1n) is 6.57. The van der Waals surface area contributed by atoms with E-state index in [2.05, 4.69) is 17.9 Å². The molecule has 1 unspecified atom stereocenters. The molecule has 0 saturated heterocycles. The summed E-state index contributed by atoms with van der Waals surface area (Å²) >= 11 is 4.30. The summed E-state index contributed by atoms with van der Waals surface area (Å²) in [6.45, 7) is 4.73. The monoisotopic (exact) mass is 259 g/mol. The molecule has 3 nitrogen and oxygen atoms in total. The van der Waals surface area contributed by atoms with Gasteiger partial charge in [-0.2, -0.15) is 12.6 Å². The third-order valence-electron chi connectivity index (χ3n) is 3.79. The second kappa shape index (κ2) is 6.64. The summed E-state index contributed by atoms with van der Waals surface area (Å²) in [7, 11) is 0. The van der Waals surface area contributed by atoms with Crippen LogP contribution in [0.25, 0.3) is 0 Å². The van der Waals surface area contributed by atoms with E-state index < -0.39 is 0 Å². The van der Waals surface area contributed by atoms with E-state index in [1.54, 1.807) is 0 Å². The largest absolute Gasteiger partial charge is 0.396 e. The third kappa shape index (κ3) is 4.18. The quantitative estimate of drug-likeness (QED) is 0.661. The summed E-state index contributed by atoms with van der Waals surface area (Å²) in [4.78, 5) is 11.8. The van der Waals surface area contributed by atoms with Crippen molar-refractivity contribution in [3.63, 3.8) is 0 Å². The van der Waals surface area contributed by atoms with Gasteiger partial charge in [-0.25, -0.2) is 0 Å². The maximum Gasteiger partial charge on any atom is 0.233 e. The lowest BCUT2D eigenvalue weighted by molar-refractivity contribution is -0.122. The van der Waals surface area contributed by atoms with Crippen molar-refractivity contribution in [2.75, 3.05) is 13.2 Å². The lowest BCUT2D eigenvalue weighted by Crippen LogP contribution is -2.44. The van der Waals surface area contributed by atoms with E-state index in [0.717, 1.165) is 25.7 Å². The van der Waals surface area contributed by atoms with Gasteiger partial charge in [0.2, 0.25) is 5.91 Å². The Kier molecular flexibility index (Phi) is 5.80. The molecule has 1 aliphatic carbocycles. The van der Waals surface area contributed by atoms with Crippen LogP contribution in [0.15, 0.2) is 0 Å². The van der Waals surface area contributed by atoms with Crippen molar-refractivity contribution in [1.29, 1.82) is 0 Å². The maximum atomic E-state index is 11.8. The molecule has 1 aliphatic rings. The summed E-state index contributed by atoms with van der Waals surface area (Å²) in [6, 6.07) is 0. The van der Waals surface area contributed by atoms with Crippen molar-refractivity contribution in [1.82, 2.24) is 5.32 Å². The van der Waals surface area contributed by atoms with Crippen LogP contribution in [0.4, 0.5) is 0 Å². The standard InChI is InChI=1S/C13H25NO2S/c1-10(2)11(17)12(16)14-8-13(9-15)6-4-3-5-7-13/h10-11,15,17H,3-9H2,1-2H3,(H,14,16). The number of aliphatic hydroxyl groups is 1. The SMILES string of the molecule is CC(C)C(S)C(=O)NCC1(CO)CCCCC1. The molecule has 17 heavy (non-hydrogen) atoms. The van der Waals surface area contributed by atoms with Gasteiger partial charge in [-0.1, -0.05) is 33.1 Å². The van der Waals surface area contributed by atoms with E-state index in [1.165, 1.54) is 6.42 Å². The van der Waals surface area contributed by atoms with Crippen molar-refractivity contribution in [2.24, 2.45) is 11.3 Å². The Morgan fingerprint density at radius 2 is 1.94 bits per heavy atom. The Balaban J connectivity index is 2.44. The molecule has 1 atom stereocenters. The highest BCUT2D eigenvalue weighted by atomic mass is 32.1. The Morgan fingerprint density at radius 3 is 2.41 bits per heavy atom. The topological polar surface area (TPSA) is 49.3 Å². The molecule has 1 saturated carbocycles. The first-order valence-corrected chi connectivity index (χ1v) is 7.09. The summed E-state index contributed by atoms with van der Waals surface area (Å²) < 4.78 is 0. The molecule has 0 aromatic rings. The van der Waals surface area contributed by atoms with Gasteiger partial charge in [0.15, 0.2) is 0 Å². The van der Waals surface area contributed by atoms with Crippen molar-refractivity contribution >= 4 is 18.5 Å². The van der Waals surface area contributed by atoms with Gasteiger partial charge < -0.3 is 10.4 Å². The second-order valence-corrected chi connectivity index (χ2v) is 6.18. The van der Waals surface area contributed by atoms with Gasteiger partial charge in [-0.3, -0.25) is 4.79 Å². The fourth-order valence-electron chi connectivity index (χ4n) is 2.37. The third-order valence-corrected chi connectivity index (χ3v) is 4.62. The predicted octanol–water partition coefficient (Wildman–Crippen LogP) is 2.00. The molecular formula is C13H25NO2S. The summed E-state index contributed by atoms with van der Waals surface area (Å²) in [5.41, 5.74) is -0.0849. The minimum Gasteiger partial charge on any atom is -0.396 e. The molecule has 0 bridgehead atoms. The molecule has 1 fully saturated rings. The van der Waals surface area contributed by atoms with E-state index in [1.807, 2.05) is 13.8 Å². The van der Waals surface area contributed by atoms with Crippen LogP contribution >= 0.6 is 12.6 Å². The zero-order valence-electron chi connectivity index (χ0n) is 10.9. The number of nitrogens with one attached hydrogen (secondary N) is 1. The fourth-order valence-corrected chi connectivity index (χ4v) is 2.47. The van der Waals surface area contributed by atoms with E-state index in [0.29, 0.717) is 6.54 Å². The highest BCUT2D eigenvalue weighted by Gasteiger charge is 2.32. The van der Waals surface area contributed by atoms with Crippen LogP contribution in [0, 0.1) is 11.3 Å². The molecule has 4 heteroatoms. The zero-order chi connectivity index (χ0) is 12.9. The van der Waals surface area contributed by atoms with Gasteiger partial charge >= 0.3 is 0 Å². The molecule has 0 spiro atoms. The van der Waals surface area contributed by atoms with Gasteiger partial charge in [-0.15, -0.1) is 0 Å². The van der Waals surface area contributed by atoms with Gasteiger partial charge in [-0.05, 0) is 18.8 Å². The predicted molar refractivity (Wildman–Crippen MR) is 73.2 cm³/mol. The molecular weight excluding hydrogens is 234 g/mol. The number of hydrogen-bond acceptors (Lipinski definition) is 3. The Morgan fingerprint density at radius 1 is 1.35 bits per heavy atom. The molecule has 1 amide bonds. The number of carbonyl (C=O) groups excluding carboxylic acids is 1. The normalized spacial score (nSPS) is 21.2. The average Bonchev–Trinajstić information content (AvgIpc) is 2.36. The molecule has 0 aromatic heterocycles. The van der Waals surface area contributed by atoms with Gasteiger partial charge in [0.1, 0.15) is 0 Å². The van der Waals surface area contributed by atoms with Gasteiger partial charge in [0.05, 0.1) is 11.9 Å². The Hall–Kier alpha value is -0.220. The maximum absolute atomic E-state index is 11.8. The van der Waals surface area contributed by atoms with Crippen molar-refractivity contribution < 1.29 is 9.90 Å². The number of carbonyl (C=O) groups is 1. The van der Waals surface area contributed by atoms with E-state index in [4.69, 9.17) is 0 Å². The van der Waals surface area contributed by atoms with Gasteiger partial charge in [0.25, 0.3) is 0 Å². The molecule has 0 heterocycles. The number of amides is 1. The highest BCUT2D eigenvalue weighted by molar-refractivity contribution is 7.81. The first-order chi connectivity index (χ1) is 8.01. The number of thiol groups is 1. The van der Waals surface area contributed by atoms with Crippen LogP contribution in [0.5, 0.6) is 0 Å². The molecule has 0 radical (unpaired) electrons. The van der Waals surface area contributed by atoms with Crippen LogP contribution in [-0.4, -0.2) is 29.4 Å². The van der Waals surface area contributed by atoms with Crippen molar-refractivity contribution in [3.8, 4) is 0 Å². The second-order valence-electron chi connectivity index (χ2n) is 5.63. The minimum absolute atomic E-state index is 0.0123. The van der Waals surface area contributed by atoms with E-state index in [9.17, 15) is 9.90 Å². The van der Waals surface area contributed by atoms with Crippen LogP contribution in [0.2, 0.25) is 0 Å². The summed E-state index contributed by atoms with van der Waals surface area (Å²) in [6.07, 6.45) is 5.60. The summed E-state index contributed by atoms with van der Waals surface area (Å²) in [5, 5.41) is 12.2. The van der Waals surface area contributed by atoms with E-state index in [-0.39, 0.29) is 29.1 Å². The number of aliphatic hydroxyl groups excluding tert-OH is 1. The van der Waals surface area contributed by atoms with Crippen molar-refractivity contribution in [2.45, 2.75) is 51.2 Å². The summed E-state index contributed by atoms with van der Waals surface area (Å²) in [5.74, 6) is 0.219. The van der Waals surface area contributed by atoms with Crippen LogP contribution in [0.3, 0.4) is 0 Å². The average molecular weight is 259 g/mol. The Bertz CT molecular complexity index is 250. The zero-order valence-corrected chi connectivity index (χ0v) is 11.8.